The number of rotatable bonds is 6. The van der Waals surface area contributed by atoms with Crippen LogP contribution in [0.3, 0.4) is 0 Å². The van der Waals surface area contributed by atoms with Crippen LogP contribution in [0.15, 0.2) is 203 Å². The monoisotopic (exact) mass is 761 g/mol. The van der Waals surface area contributed by atoms with E-state index in [9.17, 15) is 0 Å². The van der Waals surface area contributed by atoms with Crippen molar-refractivity contribution in [3.05, 3.63) is 200 Å². The van der Waals surface area contributed by atoms with E-state index < -0.39 is 0 Å². The Morgan fingerprint density at radius 3 is 2.02 bits per heavy atom. The summed E-state index contributed by atoms with van der Waals surface area (Å²) in [5.74, 6) is 0.258. The molecular weight excluding hydrogens is 727 g/mol. The minimum absolute atomic E-state index is 0.258. The van der Waals surface area contributed by atoms with Crippen molar-refractivity contribution in [3.63, 3.8) is 0 Å². The van der Waals surface area contributed by atoms with Gasteiger partial charge in [0.05, 0.1) is 16.8 Å². The number of benzene rings is 8. The number of hydrogen-bond donors (Lipinski definition) is 0. The normalized spacial score (nSPS) is 14.2. The zero-order valence-electron chi connectivity index (χ0n) is 31.4. The number of anilines is 3. The summed E-state index contributed by atoms with van der Waals surface area (Å²) in [6.07, 6.45) is 9.92. The van der Waals surface area contributed by atoms with Gasteiger partial charge in [0.1, 0.15) is 22.3 Å². The molecule has 1 aliphatic rings. The van der Waals surface area contributed by atoms with Crippen LogP contribution in [-0.2, 0) is 0 Å². The molecular formula is C54H35NO2S. The Balaban J connectivity index is 1.20. The lowest BCUT2D eigenvalue weighted by Crippen LogP contribution is -2.12. The average molecular weight is 762 g/mol. The highest BCUT2D eigenvalue weighted by Gasteiger charge is 2.27. The standard InChI is InChI=1S/C54H35NO2S/c1-4-14-34(15-5-1)37-24-26-44-50(31-37)58-51-32-38(35-16-6-2-7-17-35)30-46(52(44)51)55(39-25-27-42-41-20-10-12-22-47(41)56-49(42)33-39)45-29-28-40(36-18-8-3-9-19-36)54-53(45)43-21-11-13-23-48(43)57-54/h1-16,18-33,35H,17H2. The van der Waals surface area contributed by atoms with Crippen LogP contribution in [0.1, 0.15) is 17.9 Å². The van der Waals surface area contributed by atoms with Crippen molar-refractivity contribution in [2.24, 2.45) is 0 Å². The highest BCUT2D eigenvalue weighted by molar-refractivity contribution is 7.26. The summed E-state index contributed by atoms with van der Waals surface area (Å²) in [5.41, 5.74) is 12.6. The van der Waals surface area contributed by atoms with Gasteiger partial charge < -0.3 is 13.7 Å². The first-order chi connectivity index (χ1) is 28.7. The van der Waals surface area contributed by atoms with Crippen molar-refractivity contribution in [3.8, 4) is 22.3 Å². The van der Waals surface area contributed by atoms with Crippen molar-refractivity contribution in [2.45, 2.75) is 12.3 Å². The molecule has 3 heterocycles. The van der Waals surface area contributed by atoms with E-state index in [2.05, 4.69) is 193 Å². The third-order valence-corrected chi connectivity index (χ3v) is 12.9. The molecule has 0 N–H and O–H groups in total. The topological polar surface area (TPSA) is 29.5 Å². The number of furan rings is 2. The third kappa shape index (κ3) is 5.26. The second-order valence-electron chi connectivity index (χ2n) is 15.2. The molecule has 12 rings (SSSR count). The summed E-state index contributed by atoms with van der Waals surface area (Å²) in [7, 11) is 0. The molecule has 1 aliphatic carbocycles. The molecule has 3 aromatic heterocycles. The molecule has 0 radical (unpaired) electrons. The van der Waals surface area contributed by atoms with Gasteiger partial charge in [0.25, 0.3) is 0 Å². The Morgan fingerprint density at radius 2 is 1.21 bits per heavy atom. The number of thiophene rings is 1. The van der Waals surface area contributed by atoms with Gasteiger partial charge in [0.2, 0.25) is 0 Å². The number of nitrogens with zero attached hydrogens (tertiary/aromatic N) is 1. The van der Waals surface area contributed by atoms with Crippen LogP contribution in [-0.4, -0.2) is 0 Å². The van der Waals surface area contributed by atoms with Gasteiger partial charge in [-0.05, 0) is 83.3 Å². The van der Waals surface area contributed by atoms with Crippen LogP contribution in [0.4, 0.5) is 17.1 Å². The van der Waals surface area contributed by atoms with Gasteiger partial charge in [0.15, 0.2) is 0 Å². The molecule has 0 aliphatic heterocycles. The molecule has 11 aromatic rings. The van der Waals surface area contributed by atoms with Crippen molar-refractivity contribution >= 4 is 92.4 Å². The maximum Gasteiger partial charge on any atom is 0.145 e. The highest BCUT2D eigenvalue weighted by Crippen LogP contribution is 2.51. The number of allylic oxidation sites excluding steroid dienone is 4. The molecule has 0 spiro atoms. The molecule has 58 heavy (non-hydrogen) atoms. The Bertz CT molecular complexity index is 3440. The van der Waals surface area contributed by atoms with Crippen molar-refractivity contribution < 1.29 is 8.83 Å². The highest BCUT2D eigenvalue weighted by atomic mass is 32.1. The summed E-state index contributed by atoms with van der Waals surface area (Å²) in [5, 5.41) is 6.85. The second-order valence-corrected chi connectivity index (χ2v) is 16.2. The summed E-state index contributed by atoms with van der Waals surface area (Å²) in [4.78, 5) is 2.47. The quantitative estimate of drug-likeness (QED) is 0.169. The summed E-state index contributed by atoms with van der Waals surface area (Å²) in [6.45, 7) is 0. The van der Waals surface area contributed by atoms with Crippen LogP contribution >= 0.6 is 11.3 Å². The molecule has 0 saturated carbocycles. The molecule has 0 saturated heterocycles. The van der Waals surface area contributed by atoms with Gasteiger partial charge >= 0.3 is 0 Å². The molecule has 1 atom stereocenters. The molecule has 8 aromatic carbocycles. The summed E-state index contributed by atoms with van der Waals surface area (Å²) < 4.78 is 16.0. The van der Waals surface area contributed by atoms with Crippen molar-refractivity contribution in [2.75, 3.05) is 4.90 Å². The number of hydrogen-bond acceptors (Lipinski definition) is 4. The maximum atomic E-state index is 6.87. The first-order valence-corrected chi connectivity index (χ1v) is 20.7. The van der Waals surface area contributed by atoms with Crippen molar-refractivity contribution in [1.82, 2.24) is 0 Å². The average Bonchev–Trinajstić information content (AvgIpc) is 3.98. The second kappa shape index (κ2) is 13.2. The van der Waals surface area contributed by atoms with Gasteiger partial charge in [-0.2, -0.15) is 0 Å². The minimum atomic E-state index is 0.258. The molecule has 1 unspecified atom stereocenters. The molecule has 274 valence electrons. The van der Waals surface area contributed by atoms with Crippen molar-refractivity contribution in [1.29, 1.82) is 0 Å². The maximum absolute atomic E-state index is 6.87. The number of para-hydroxylation sites is 2. The lowest BCUT2D eigenvalue weighted by atomic mass is 9.90. The molecule has 3 nitrogen and oxygen atoms in total. The molecule has 0 bridgehead atoms. The lowest BCUT2D eigenvalue weighted by Gasteiger charge is -2.29. The van der Waals surface area contributed by atoms with Gasteiger partial charge in [-0.1, -0.05) is 133 Å². The van der Waals surface area contributed by atoms with Crippen LogP contribution < -0.4 is 4.90 Å². The van der Waals surface area contributed by atoms with Crippen LogP contribution in [0.2, 0.25) is 0 Å². The van der Waals surface area contributed by atoms with E-state index in [4.69, 9.17) is 8.83 Å². The van der Waals surface area contributed by atoms with E-state index in [0.717, 1.165) is 78.5 Å². The number of fused-ring (bicyclic) bond motifs is 9. The van der Waals surface area contributed by atoms with E-state index in [1.54, 1.807) is 0 Å². The smallest absolute Gasteiger partial charge is 0.145 e. The Morgan fingerprint density at radius 1 is 0.483 bits per heavy atom. The van der Waals surface area contributed by atoms with Gasteiger partial charge in [0, 0.05) is 59.6 Å². The SMILES string of the molecule is C1=CCC(c2cc(N(c3ccc4c(c3)oc3ccccc34)c3ccc(-c4ccccc4)c4oc5ccccc5c34)c3c(c2)sc2cc(-c4ccccc4)ccc23)C=C1. The van der Waals surface area contributed by atoms with E-state index in [0.29, 0.717) is 0 Å². The van der Waals surface area contributed by atoms with Gasteiger partial charge in [-0.3, -0.25) is 0 Å². The Hall–Kier alpha value is -7.14. The summed E-state index contributed by atoms with van der Waals surface area (Å²) >= 11 is 1.88. The van der Waals surface area contributed by atoms with E-state index in [1.807, 2.05) is 17.4 Å². The Labute approximate surface area is 339 Å². The molecule has 4 heteroatoms. The predicted octanol–water partition coefficient (Wildman–Crippen LogP) is 16.3. The van der Waals surface area contributed by atoms with Gasteiger partial charge in [-0.15, -0.1) is 11.3 Å². The van der Waals surface area contributed by atoms with Crippen LogP contribution in [0.25, 0.3) is 86.3 Å². The van der Waals surface area contributed by atoms with E-state index in [-0.39, 0.29) is 5.92 Å². The minimum Gasteiger partial charge on any atom is -0.456 e. The van der Waals surface area contributed by atoms with E-state index >= 15 is 0 Å². The Kier molecular flexibility index (Phi) is 7.54. The van der Waals surface area contributed by atoms with E-state index in [1.165, 1.54) is 36.9 Å². The largest absolute Gasteiger partial charge is 0.456 e. The van der Waals surface area contributed by atoms with Crippen LogP contribution in [0.5, 0.6) is 0 Å². The fourth-order valence-corrected chi connectivity index (χ4v) is 10.3. The van der Waals surface area contributed by atoms with Gasteiger partial charge in [-0.25, -0.2) is 0 Å². The zero-order valence-corrected chi connectivity index (χ0v) is 32.2. The van der Waals surface area contributed by atoms with Crippen LogP contribution in [0, 0.1) is 0 Å². The fraction of sp³-hybridized carbons (Fsp3) is 0.0370. The molecule has 0 amide bonds. The summed E-state index contributed by atoms with van der Waals surface area (Å²) in [6, 6.07) is 61.1. The first-order valence-electron chi connectivity index (χ1n) is 19.9. The first kappa shape index (κ1) is 33.0. The zero-order chi connectivity index (χ0) is 38.2. The molecule has 0 fully saturated rings. The third-order valence-electron chi connectivity index (χ3n) is 11.8. The lowest BCUT2D eigenvalue weighted by molar-refractivity contribution is 0.669. The predicted molar refractivity (Wildman–Crippen MR) is 245 cm³/mol. The fourth-order valence-electron chi connectivity index (χ4n) is 9.04.